The quantitative estimate of drug-likeness (QED) is 0.249. The number of hydrogen-bond donors (Lipinski definition) is 1. The van der Waals surface area contributed by atoms with Crippen molar-refractivity contribution in [3.05, 3.63) is 112 Å². The first kappa shape index (κ1) is 25.2. The third-order valence-electron chi connectivity index (χ3n) is 6.31. The van der Waals surface area contributed by atoms with E-state index in [1.165, 1.54) is 18.6 Å². The summed E-state index contributed by atoms with van der Waals surface area (Å²) in [7, 11) is 1.68. The Kier molecular flexibility index (Phi) is 6.22. The van der Waals surface area contributed by atoms with Gasteiger partial charge < -0.3 is 9.67 Å². The number of rotatable bonds is 4. The van der Waals surface area contributed by atoms with Gasteiger partial charge in [0.25, 0.3) is 0 Å². The number of imidazole rings is 1. The van der Waals surface area contributed by atoms with Gasteiger partial charge in [-0.3, -0.25) is 4.98 Å². The van der Waals surface area contributed by atoms with Gasteiger partial charge in [0.2, 0.25) is 0 Å². The third kappa shape index (κ3) is 4.25. The maximum atomic E-state index is 13.2. The van der Waals surface area contributed by atoms with Gasteiger partial charge in [0.05, 0.1) is 28.8 Å². The van der Waals surface area contributed by atoms with E-state index >= 15 is 0 Å². The molecule has 2 aromatic carbocycles. The van der Waals surface area contributed by atoms with Crippen molar-refractivity contribution in [3.8, 4) is 11.1 Å². The predicted octanol–water partition coefficient (Wildman–Crippen LogP) is 6.95. The molecule has 0 aliphatic heterocycles. The van der Waals surface area contributed by atoms with Crippen LogP contribution in [0.3, 0.4) is 0 Å². The number of fused-ring (bicyclic) bond motifs is 1. The summed E-state index contributed by atoms with van der Waals surface area (Å²) in [5.41, 5.74) is 0.348. The average molecular weight is 543 g/mol. The molecule has 37 heavy (non-hydrogen) atoms. The van der Waals surface area contributed by atoms with Crippen LogP contribution < -0.4 is 0 Å². The van der Waals surface area contributed by atoms with Crippen LogP contribution in [0.1, 0.15) is 28.1 Å². The van der Waals surface area contributed by atoms with Crippen LogP contribution in [0.4, 0.5) is 13.2 Å². The van der Waals surface area contributed by atoms with E-state index < -0.39 is 17.5 Å². The van der Waals surface area contributed by atoms with E-state index in [1.54, 1.807) is 30.7 Å². The summed E-state index contributed by atoms with van der Waals surface area (Å²) in [5.74, 6) is 0. The van der Waals surface area contributed by atoms with Gasteiger partial charge in [0.1, 0.15) is 10.8 Å². The van der Waals surface area contributed by atoms with Gasteiger partial charge in [0, 0.05) is 29.8 Å². The Bertz CT molecular complexity index is 1620. The number of pyridine rings is 2. The standard InChI is InChI=1S/C27H19Cl2F3N4O/c1-15-10-18(11-19-23(28)22(25(29)35-24(15)19)16-6-4-3-5-7-16)26(37,21-13-33-14-36(21)2)17-8-9-20(34-12-17)27(30,31)32/h3-14,37H,1-2H3. The Morgan fingerprint density at radius 3 is 2.27 bits per heavy atom. The molecule has 10 heteroatoms. The van der Waals surface area contributed by atoms with Crippen LogP contribution in [0.25, 0.3) is 22.0 Å². The van der Waals surface area contributed by atoms with Crippen LogP contribution >= 0.6 is 23.2 Å². The summed E-state index contributed by atoms with van der Waals surface area (Å²) in [6, 6.07) is 14.7. The highest BCUT2D eigenvalue weighted by molar-refractivity contribution is 6.42. The van der Waals surface area contributed by atoms with Crippen molar-refractivity contribution >= 4 is 34.1 Å². The number of nitrogens with zero attached hydrogens (tertiary/aromatic N) is 4. The van der Waals surface area contributed by atoms with Crippen molar-refractivity contribution < 1.29 is 18.3 Å². The molecule has 0 amide bonds. The second-order valence-electron chi connectivity index (χ2n) is 8.68. The van der Waals surface area contributed by atoms with Gasteiger partial charge >= 0.3 is 6.18 Å². The molecule has 0 bridgehead atoms. The lowest BCUT2D eigenvalue weighted by Gasteiger charge is -2.30. The molecule has 0 aliphatic rings. The van der Waals surface area contributed by atoms with Gasteiger partial charge in [-0.2, -0.15) is 13.2 Å². The number of halogens is 5. The Hall–Kier alpha value is -3.46. The van der Waals surface area contributed by atoms with E-state index in [4.69, 9.17) is 23.2 Å². The fourth-order valence-electron chi connectivity index (χ4n) is 4.48. The summed E-state index contributed by atoms with van der Waals surface area (Å²) in [5, 5.41) is 13.3. The van der Waals surface area contributed by atoms with Crippen LogP contribution in [0.15, 0.2) is 73.3 Å². The molecule has 3 aromatic heterocycles. The Morgan fingerprint density at radius 2 is 1.68 bits per heavy atom. The van der Waals surface area contributed by atoms with E-state index in [2.05, 4.69) is 15.0 Å². The topological polar surface area (TPSA) is 63.8 Å². The third-order valence-corrected chi connectivity index (χ3v) is 6.98. The molecular formula is C27H19Cl2F3N4O. The first-order chi connectivity index (χ1) is 17.5. The minimum Gasteiger partial charge on any atom is -0.374 e. The summed E-state index contributed by atoms with van der Waals surface area (Å²) in [4.78, 5) is 12.3. The van der Waals surface area contributed by atoms with Crippen LogP contribution in [-0.2, 0) is 18.8 Å². The molecular weight excluding hydrogens is 524 g/mol. The van der Waals surface area contributed by atoms with E-state index in [-0.39, 0.29) is 10.7 Å². The van der Waals surface area contributed by atoms with E-state index in [0.29, 0.717) is 38.3 Å². The number of alkyl halides is 3. The maximum absolute atomic E-state index is 13.2. The second-order valence-corrected chi connectivity index (χ2v) is 9.41. The molecule has 0 radical (unpaired) electrons. The lowest BCUT2D eigenvalue weighted by atomic mass is 9.82. The Balaban J connectivity index is 1.79. The molecule has 0 saturated carbocycles. The minimum atomic E-state index is -4.62. The lowest BCUT2D eigenvalue weighted by Crippen LogP contribution is -2.31. The van der Waals surface area contributed by atoms with Gasteiger partial charge in [-0.25, -0.2) is 9.97 Å². The first-order valence-corrected chi connectivity index (χ1v) is 11.9. The van der Waals surface area contributed by atoms with E-state index in [0.717, 1.165) is 17.8 Å². The molecule has 1 atom stereocenters. The van der Waals surface area contributed by atoms with Gasteiger partial charge in [0.15, 0.2) is 5.60 Å². The van der Waals surface area contributed by atoms with Crippen molar-refractivity contribution in [1.29, 1.82) is 0 Å². The van der Waals surface area contributed by atoms with Crippen molar-refractivity contribution in [2.45, 2.75) is 18.7 Å². The van der Waals surface area contributed by atoms with Crippen LogP contribution in [0.2, 0.25) is 10.2 Å². The summed E-state index contributed by atoms with van der Waals surface area (Å²) >= 11 is 13.4. The predicted molar refractivity (Wildman–Crippen MR) is 136 cm³/mol. The van der Waals surface area contributed by atoms with Crippen LogP contribution in [0, 0.1) is 6.92 Å². The van der Waals surface area contributed by atoms with E-state index in [1.807, 2.05) is 30.3 Å². The smallest absolute Gasteiger partial charge is 0.374 e. The largest absolute Gasteiger partial charge is 0.433 e. The van der Waals surface area contributed by atoms with Gasteiger partial charge in [-0.15, -0.1) is 0 Å². The normalized spacial score (nSPS) is 13.6. The van der Waals surface area contributed by atoms with Gasteiger partial charge in [-0.1, -0.05) is 65.7 Å². The summed E-state index contributed by atoms with van der Waals surface area (Å²) in [6.45, 7) is 1.79. The molecule has 5 aromatic rings. The monoisotopic (exact) mass is 542 g/mol. The zero-order chi connectivity index (χ0) is 26.5. The van der Waals surface area contributed by atoms with Crippen molar-refractivity contribution in [2.75, 3.05) is 0 Å². The number of benzene rings is 2. The Morgan fingerprint density at radius 1 is 0.946 bits per heavy atom. The molecule has 5 nitrogen and oxygen atoms in total. The zero-order valence-electron chi connectivity index (χ0n) is 19.6. The summed E-state index contributed by atoms with van der Waals surface area (Å²) in [6.07, 6.45) is -0.649. The fourth-order valence-corrected chi connectivity index (χ4v) is 5.16. The molecule has 0 spiro atoms. The average Bonchev–Trinajstić information content (AvgIpc) is 3.30. The number of aliphatic hydroxyl groups is 1. The highest BCUT2D eigenvalue weighted by atomic mass is 35.5. The van der Waals surface area contributed by atoms with Crippen molar-refractivity contribution in [2.24, 2.45) is 7.05 Å². The van der Waals surface area contributed by atoms with Crippen LogP contribution in [-0.4, -0.2) is 24.6 Å². The molecule has 0 saturated heterocycles. The molecule has 5 rings (SSSR count). The SMILES string of the molecule is Cc1cc(C(O)(c2ccc(C(F)(F)F)nc2)c2cncn2C)cc2c(Cl)c(-c3ccccc3)c(Cl)nc12. The number of aromatic nitrogens is 4. The highest BCUT2D eigenvalue weighted by Gasteiger charge is 2.39. The minimum absolute atomic E-state index is 0.129. The van der Waals surface area contributed by atoms with Crippen molar-refractivity contribution in [1.82, 2.24) is 19.5 Å². The molecule has 3 heterocycles. The molecule has 1 unspecified atom stereocenters. The maximum Gasteiger partial charge on any atom is 0.433 e. The molecule has 188 valence electrons. The van der Waals surface area contributed by atoms with Gasteiger partial charge in [-0.05, 0) is 35.7 Å². The number of aryl methyl sites for hydroxylation is 2. The lowest BCUT2D eigenvalue weighted by molar-refractivity contribution is -0.141. The van der Waals surface area contributed by atoms with Crippen molar-refractivity contribution in [3.63, 3.8) is 0 Å². The molecule has 1 N–H and O–H groups in total. The number of hydrogen-bond acceptors (Lipinski definition) is 4. The highest BCUT2D eigenvalue weighted by Crippen LogP contribution is 2.43. The fraction of sp³-hybridized carbons (Fsp3) is 0.148. The zero-order valence-corrected chi connectivity index (χ0v) is 21.1. The van der Waals surface area contributed by atoms with E-state index in [9.17, 15) is 18.3 Å². The molecule has 0 fully saturated rings. The summed E-state index contributed by atoms with van der Waals surface area (Å²) < 4.78 is 41.2. The second kappa shape index (κ2) is 9.13. The molecule has 0 aliphatic carbocycles. The first-order valence-electron chi connectivity index (χ1n) is 11.1. The van der Waals surface area contributed by atoms with Crippen LogP contribution in [0.5, 0.6) is 0 Å². The Labute approximate surface area is 220 Å².